The molecular formula is C18H22N2O4. The average molecular weight is 330 g/mol. The molecule has 0 unspecified atom stereocenters. The van der Waals surface area contributed by atoms with Gasteiger partial charge in [0.2, 0.25) is 5.91 Å². The summed E-state index contributed by atoms with van der Waals surface area (Å²) >= 11 is 0. The summed E-state index contributed by atoms with van der Waals surface area (Å²) < 4.78 is 10.5. The Kier molecular flexibility index (Phi) is 4.22. The minimum absolute atomic E-state index is 0.136. The third kappa shape index (κ3) is 3.09. The number of methoxy groups -OCH3 is 1. The molecule has 1 aliphatic heterocycles. The largest absolute Gasteiger partial charge is 0.497 e. The van der Waals surface area contributed by atoms with Gasteiger partial charge in [-0.05, 0) is 44.0 Å². The van der Waals surface area contributed by atoms with Crippen LogP contribution in [-0.2, 0) is 20.7 Å². The van der Waals surface area contributed by atoms with Crippen LogP contribution in [0.1, 0.15) is 25.8 Å². The molecule has 1 saturated heterocycles. The highest BCUT2D eigenvalue weighted by Gasteiger charge is 2.45. The molecule has 1 amide bonds. The van der Waals surface area contributed by atoms with Crippen LogP contribution in [-0.4, -0.2) is 36.1 Å². The first-order valence-electron chi connectivity index (χ1n) is 8.04. The van der Waals surface area contributed by atoms with Gasteiger partial charge in [0.1, 0.15) is 11.4 Å². The summed E-state index contributed by atoms with van der Waals surface area (Å²) in [6, 6.07) is 5.86. The Labute approximate surface area is 140 Å². The number of aromatic nitrogens is 1. The van der Waals surface area contributed by atoms with Crippen LogP contribution in [0.4, 0.5) is 0 Å². The topological polar surface area (TPSA) is 80.4 Å². The van der Waals surface area contributed by atoms with Crippen molar-refractivity contribution < 1.29 is 19.1 Å². The summed E-state index contributed by atoms with van der Waals surface area (Å²) in [5.74, 6) is -0.0871. The van der Waals surface area contributed by atoms with E-state index >= 15 is 0 Å². The lowest BCUT2D eigenvalue weighted by atomic mass is 9.90. The molecule has 0 radical (unpaired) electrons. The smallest absolute Gasteiger partial charge is 0.307 e. The number of hydrogen-bond donors (Lipinski definition) is 2. The Balaban J connectivity index is 1.62. The van der Waals surface area contributed by atoms with E-state index in [-0.39, 0.29) is 18.3 Å². The number of cyclic esters (lactones) is 1. The van der Waals surface area contributed by atoms with E-state index < -0.39 is 11.5 Å². The van der Waals surface area contributed by atoms with Crippen molar-refractivity contribution in [2.24, 2.45) is 5.92 Å². The molecule has 0 spiro atoms. The lowest BCUT2D eigenvalue weighted by Gasteiger charge is -2.23. The number of ether oxygens (including phenoxy) is 2. The average Bonchev–Trinajstić information content (AvgIpc) is 3.06. The number of nitrogens with one attached hydrogen (secondary N) is 2. The van der Waals surface area contributed by atoms with E-state index in [1.165, 1.54) is 0 Å². The zero-order valence-electron chi connectivity index (χ0n) is 14.1. The first kappa shape index (κ1) is 16.4. The Morgan fingerprint density at radius 3 is 2.92 bits per heavy atom. The summed E-state index contributed by atoms with van der Waals surface area (Å²) in [5, 5.41) is 4.00. The number of carbonyl (C=O) groups excluding carboxylic acids is 2. The second kappa shape index (κ2) is 6.19. The van der Waals surface area contributed by atoms with Crippen molar-refractivity contribution in [2.75, 3.05) is 13.7 Å². The monoisotopic (exact) mass is 330 g/mol. The van der Waals surface area contributed by atoms with Crippen LogP contribution in [0.15, 0.2) is 24.4 Å². The molecule has 2 heterocycles. The standard InChI is InChI=1S/C18H22N2O4/c1-18(2)14(9-16(21)24-18)17(22)19-7-6-11-10-20-15-5-4-12(23-3)8-13(11)15/h4-5,8,10,14,20H,6-7,9H2,1-3H3,(H,19,22)/t14-/m1/s1. The maximum Gasteiger partial charge on any atom is 0.307 e. The second-order valence-electron chi connectivity index (χ2n) is 6.60. The number of benzene rings is 1. The van der Waals surface area contributed by atoms with Gasteiger partial charge in [0.05, 0.1) is 19.4 Å². The van der Waals surface area contributed by atoms with Crippen molar-refractivity contribution >= 4 is 22.8 Å². The lowest BCUT2D eigenvalue weighted by Crippen LogP contribution is -2.41. The molecule has 24 heavy (non-hydrogen) atoms. The molecule has 2 aromatic rings. The molecule has 1 aromatic heterocycles. The van der Waals surface area contributed by atoms with E-state index in [1.807, 2.05) is 24.4 Å². The number of amides is 1. The highest BCUT2D eigenvalue weighted by Crippen LogP contribution is 2.32. The van der Waals surface area contributed by atoms with Gasteiger partial charge in [-0.2, -0.15) is 0 Å². The molecule has 0 aliphatic carbocycles. The second-order valence-corrected chi connectivity index (χ2v) is 6.60. The molecule has 6 heteroatoms. The first-order valence-corrected chi connectivity index (χ1v) is 8.04. The molecule has 128 valence electrons. The van der Waals surface area contributed by atoms with Crippen molar-refractivity contribution in [2.45, 2.75) is 32.3 Å². The Hall–Kier alpha value is -2.50. The SMILES string of the molecule is COc1ccc2[nH]cc(CCNC(=O)[C@H]3CC(=O)OC3(C)C)c2c1. The van der Waals surface area contributed by atoms with Gasteiger partial charge < -0.3 is 19.8 Å². The van der Waals surface area contributed by atoms with Gasteiger partial charge in [-0.25, -0.2) is 0 Å². The van der Waals surface area contributed by atoms with Crippen molar-refractivity contribution in [3.05, 3.63) is 30.0 Å². The van der Waals surface area contributed by atoms with E-state index in [9.17, 15) is 9.59 Å². The van der Waals surface area contributed by atoms with Crippen molar-refractivity contribution in [1.29, 1.82) is 0 Å². The summed E-state index contributed by atoms with van der Waals surface area (Å²) in [6.45, 7) is 4.05. The number of esters is 1. The summed E-state index contributed by atoms with van der Waals surface area (Å²) in [7, 11) is 1.64. The molecule has 6 nitrogen and oxygen atoms in total. The number of carbonyl (C=O) groups is 2. The zero-order valence-corrected chi connectivity index (χ0v) is 14.1. The third-order valence-corrected chi connectivity index (χ3v) is 4.57. The number of rotatable bonds is 5. The number of hydrogen-bond acceptors (Lipinski definition) is 4. The highest BCUT2D eigenvalue weighted by molar-refractivity contribution is 5.88. The minimum atomic E-state index is -0.741. The zero-order chi connectivity index (χ0) is 17.3. The predicted octanol–water partition coefficient (Wildman–Crippen LogP) is 2.18. The van der Waals surface area contributed by atoms with Gasteiger partial charge >= 0.3 is 5.97 Å². The van der Waals surface area contributed by atoms with Gasteiger partial charge in [-0.15, -0.1) is 0 Å². The Morgan fingerprint density at radius 1 is 1.46 bits per heavy atom. The van der Waals surface area contributed by atoms with E-state index in [0.717, 1.165) is 22.2 Å². The van der Waals surface area contributed by atoms with Gasteiger partial charge in [0, 0.05) is 23.6 Å². The molecule has 0 bridgehead atoms. The van der Waals surface area contributed by atoms with E-state index in [2.05, 4.69) is 10.3 Å². The molecule has 1 aromatic carbocycles. The maximum atomic E-state index is 12.3. The molecule has 0 saturated carbocycles. The van der Waals surface area contributed by atoms with Crippen LogP contribution in [0, 0.1) is 5.92 Å². The predicted molar refractivity (Wildman–Crippen MR) is 89.8 cm³/mol. The number of fused-ring (bicyclic) bond motifs is 1. The van der Waals surface area contributed by atoms with E-state index in [4.69, 9.17) is 9.47 Å². The van der Waals surface area contributed by atoms with Crippen LogP contribution >= 0.6 is 0 Å². The quantitative estimate of drug-likeness (QED) is 0.824. The fourth-order valence-corrected chi connectivity index (χ4v) is 3.16. The van der Waals surface area contributed by atoms with Gasteiger partial charge in [-0.3, -0.25) is 9.59 Å². The van der Waals surface area contributed by atoms with E-state index in [0.29, 0.717) is 13.0 Å². The summed E-state index contributed by atoms with van der Waals surface area (Å²) in [5.41, 5.74) is 1.41. The summed E-state index contributed by atoms with van der Waals surface area (Å²) in [6.07, 6.45) is 2.78. The molecule has 2 N–H and O–H groups in total. The van der Waals surface area contributed by atoms with Crippen molar-refractivity contribution in [1.82, 2.24) is 10.3 Å². The molecule has 1 atom stereocenters. The van der Waals surface area contributed by atoms with Gasteiger partial charge in [0.15, 0.2) is 0 Å². The van der Waals surface area contributed by atoms with Crippen molar-refractivity contribution in [3.8, 4) is 5.75 Å². The molecule has 1 aliphatic rings. The van der Waals surface area contributed by atoms with Gasteiger partial charge in [0.25, 0.3) is 0 Å². The van der Waals surface area contributed by atoms with Crippen LogP contribution < -0.4 is 10.1 Å². The fraction of sp³-hybridized carbons (Fsp3) is 0.444. The maximum absolute atomic E-state index is 12.3. The summed E-state index contributed by atoms with van der Waals surface area (Å²) in [4.78, 5) is 27.0. The van der Waals surface area contributed by atoms with Crippen LogP contribution in [0.25, 0.3) is 10.9 Å². The lowest BCUT2D eigenvalue weighted by molar-refractivity contribution is -0.147. The van der Waals surface area contributed by atoms with Crippen molar-refractivity contribution in [3.63, 3.8) is 0 Å². The molecule has 3 rings (SSSR count). The van der Waals surface area contributed by atoms with Gasteiger partial charge in [-0.1, -0.05) is 0 Å². The first-order chi connectivity index (χ1) is 11.4. The highest BCUT2D eigenvalue weighted by atomic mass is 16.6. The minimum Gasteiger partial charge on any atom is -0.497 e. The Bertz CT molecular complexity index is 778. The number of H-pyrrole nitrogens is 1. The normalized spacial score (nSPS) is 19.3. The Morgan fingerprint density at radius 2 is 2.25 bits per heavy atom. The van der Waals surface area contributed by atoms with Crippen LogP contribution in [0.2, 0.25) is 0 Å². The molecule has 1 fully saturated rings. The van der Waals surface area contributed by atoms with Crippen LogP contribution in [0.5, 0.6) is 5.75 Å². The van der Waals surface area contributed by atoms with Crippen LogP contribution in [0.3, 0.4) is 0 Å². The number of aromatic amines is 1. The molecular weight excluding hydrogens is 308 g/mol. The third-order valence-electron chi connectivity index (χ3n) is 4.57. The fourth-order valence-electron chi connectivity index (χ4n) is 3.16. The van der Waals surface area contributed by atoms with E-state index in [1.54, 1.807) is 21.0 Å².